The fourth-order valence-corrected chi connectivity index (χ4v) is 5.23. The van der Waals surface area contributed by atoms with E-state index in [0.717, 1.165) is 6.42 Å². The van der Waals surface area contributed by atoms with Crippen molar-refractivity contribution in [2.75, 3.05) is 0 Å². The van der Waals surface area contributed by atoms with Crippen LogP contribution in [0.5, 0.6) is 0 Å². The van der Waals surface area contributed by atoms with Crippen molar-refractivity contribution < 1.29 is 48.3 Å². The maximum absolute atomic E-state index is 15.0. The van der Waals surface area contributed by atoms with Crippen molar-refractivity contribution in [1.29, 1.82) is 0 Å². The zero-order valence-corrected chi connectivity index (χ0v) is 14.5. The average molecular weight is 432 g/mol. The highest BCUT2D eigenvalue weighted by atomic mass is 19.4. The van der Waals surface area contributed by atoms with Crippen LogP contribution in [0.15, 0.2) is 0 Å². The normalized spacial score (nSPS) is 39.8. The number of hydrogen-bond donors (Lipinski definition) is 0. The van der Waals surface area contributed by atoms with Crippen molar-refractivity contribution in [3.05, 3.63) is 0 Å². The van der Waals surface area contributed by atoms with E-state index in [1.165, 1.54) is 0 Å². The van der Waals surface area contributed by atoms with E-state index in [2.05, 4.69) is 0 Å². The summed E-state index contributed by atoms with van der Waals surface area (Å²) >= 11 is 0. The lowest BCUT2D eigenvalue weighted by atomic mass is 9.60. The molecule has 0 bridgehead atoms. The Kier molecular flexibility index (Phi) is 4.79. The third-order valence-corrected chi connectivity index (χ3v) is 6.84. The van der Waals surface area contributed by atoms with Crippen LogP contribution in [0.3, 0.4) is 0 Å². The molecule has 28 heavy (non-hydrogen) atoms. The lowest BCUT2D eigenvalue weighted by Gasteiger charge is -2.54. The van der Waals surface area contributed by atoms with Crippen molar-refractivity contribution in [2.45, 2.75) is 86.6 Å². The molecule has 3 fully saturated rings. The van der Waals surface area contributed by atoms with Gasteiger partial charge < -0.3 is 0 Å². The molecule has 3 aliphatic carbocycles. The Bertz CT molecular complexity index is 580. The van der Waals surface area contributed by atoms with Gasteiger partial charge in [-0.25, -0.2) is 4.39 Å². The minimum absolute atomic E-state index is 0.0907. The van der Waals surface area contributed by atoms with Crippen molar-refractivity contribution >= 4 is 0 Å². The predicted molar refractivity (Wildman–Crippen MR) is 76.0 cm³/mol. The van der Waals surface area contributed by atoms with Gasteiger partial charge in [0, 0.05) is 0 Å². The molecular formula is C17H19F11. The topological polar surface area (TPSA) is 0 Å². The van der Waals surface area contributed by atoms with Gasteiger partial charge in [-0.3, -0.25) is 0 Å². The third-order valence-electron chi connectivity index (χ3n) is 6.84. The molecule has 0 aromatic carbocycles. The second-order valence-electron chi connectivity index (χ2n) is 8.28. The van der Waals surface area contributed by atoms with Gasteiger partial charge in [0.25, 0.3) is 0 Å². The molecule has 0 radical (unpaired) electrons. The summed E-state index contributed by atoms with van der Waals surface area (Å²) in [5.74, 6) is -36.5. The molecule has 0 N–H and O–H groups in total. The molecule has 3 atom stereocenters. The van der Waals surface area contributed by atoms with Gasteiger partial charge in [-0.15, -0.1) is 0 Å². The van der Waals surface area contributed by atoms with Gasteiger partial charge >= 0.3 is 29.6 Å². The number of rotatable bonds is 2. The number of halogens is 11. The van der Waals surface area contributed by atoms with E-state index >= 15 is 4.39 Å². The first-order valence-electron chi connectivity index (χ1n) is 9.14. The standard InChI is InChI=1S/C17H19F11/c18-12(8-10-6-3-5-9-4-1-2-7-11(9)10)13(19,20)15(23,24)17(27,28)16(25,26)14(12,21)22/h9-11H,1-8H2. The average Bonchev–Trinajstić information content (AvgIpc) is 2.60. The van der Waals surface area contributed by atoms with Crippen LogP contribution < -0.4 is 0 Å². The van der Waals surface area contributed by atoms with E-state index in [4.69, 9.17) is 0 Å². The first kappa shape index (κ1) is 21.9. The molecule has 11 heteroatoms. The van der Waals surface area contributed by atoms with Gasteiger partial charge in [0.15, 0.2) is 0 Å². The summed E-state index contributed by atoms with van der Waals surface area (Å²) in [6.07, 6.45) is 1.10. The third kappa shape index (κ3) is 2.36. The van der Waals surface area contributed by atoms with Crippen LogP contribution in [0.4, 0.5) is 48.3 Å². The first-order valence-corrected chi connectivity index (χ1v) is 9.14. The van der Waals surface area contributed by atoms with E-state index in [9.17, 15) is 43.9 Å². The Morgan fingerprint density at radius 1 is 0.500 bits per heavy atom. The van der Waals surface area contributed by atoms with Crippen LogP contribution in [-0.2, 0) is 0 Å². The lowest BCUT2D eigenvalue weighted by molar-refractivity contribution is -0.487. The van der Waals surface area contributed by atoms with Crippen molar-refractivity contribution in [2.24, 2.45) is 17.8 Å². The molecule has 3 unspecified atom stereocenters. The van der Waals surface area contributed by atoms with Gasteiger partial charge in [0.05, 0.1) is 0 Å². The van der Waals surface area contributed by atoms with Gasteiger partial charge in [-0.1, -0.05) is 38.5 Å². The zero-order valence-electron chi connectivity index (χ0n) is 14.5. The molecule has 0 saturated heterocycles. The van der Waals surface area contributed by atoms with E-state index in [0.29, 0.717) is 32.1 Å². The Hall–Kier alpha value is -0.770. The quantitative estimate of drug-likeness (QED) is 0.417. The van der Waals surface area contributed by atoms with Crippen molar-refractivity contribution in [3.8, 4) is 0 Å². The first-order chi connectivity index (χ1) is 12.6. The predicted octanol–water partition coefficient (Wildman–Crippen LogP) is 6.88. The Balaban J connectivity index is 2.06. The van der Waals surface area contributed by atoms with Gasteiger partial charge in [-0.05, 0) is 30.6 Å². The number of alkyl halides is 11. The van der Waals surface area contributed by atoms with Gasteiger partial charge in [0.1, 0.15) is 0 Å². The Morgan fingerprint density at radius 2 is 0.929 bits per heavy atom. The molecular weight excluding hydrogens is 413 g/mol. The van der Waals surface area contributed by atoms with Crippen LogP contribution in [-0.4, -0.2) is 35.3 Å². The molecule has 0 amide bonds. The molecule has 164 valence electrons. The fourth-order valence-electron chi connectivity index (χ4n) is 5.23. The van der Waals surface area contributed by atoms with Crippen LogP contribution >= 0.6 is 0 Å². The summed E-state index contributed by atoms with van der Waals surface area (Å²) in [6, 6.07) is 0. The molecule has 0 aliphatic heterocycles. The molecule has 3 saturated carbocycles. The minimum atomic E-state index is -7.12. The molecule has 3 aliphatic rings. The second-order valence-corrected chi connectivity index (χ2v) is 8.28. The monoisotopic (exact) mass is 432 g/mol. The molecule has 0 spiro atoms. The summed E-state index contributed by atoms with van der Waals surface area (Å²) < 4.78 is 153. The maximum atomic E-state index is 15.0. The van der Waals surface area contributed by atoms with Gasteiger partial charge in [0.2, 0.25) is 5.67 Å². The molecule has 0 nitrogen and oxygen atoms in total. The summed E-state index contributed by atoms with van der Waals surface area (Å²) in [4.78, 5) is 0. The minimum Gasteiger partial charge on any atom is -0.230 e. The van der Waals surface area contributed by atoms with Crippen LogP contribution in [0, 0.1) is 17.8 Å². The highest BCUT2D eigenvalue weighted by Crippen LogP contribution is 2.71. The SMILES string of the molecule is FC1(F)C(F)(F)C(F)(F)C(F)(CC2CCCC3CCCCC32)C(F)(F)C1(F)F. The Morgan fingerprint density at radius 3 is 1.46 bits per heavy atom. The van der Waals surface area contributed by atoms with Crippen molar-refractivity contribution in [1.82, 2.24) is 0 Å². The fraction of sp³-hybridized carbons (Fsp3) is 1.00. The van der Waals surface area contributed by atoms with E-state index in [1.807, 2.05) is 0 Å². The van der Waals surface area contributed by atoms with E-state index < -0.39 is 53.5 Å². The largest absolute Gasteiger partial charge is 0.384 e. The summed E-state index contributed by atoms with van der Waals surface area (Å²) in [5, 5.41) is 0. The number of fused-ring (bicyclic) bond motifs is 1. The second kappa shape index (κ2) is 6.12. The van der Waals surface area contributed by atoms with Crippen LogP contribution in [0.1, 0.15) is 51.4 Å². The summed E-state index contributed by atoms with van der Waals surface area (Å²) in [6.45, 7) is 0. The van der Waals surface area contributed by atoms with Gasteiger partial charge in [-0.2, -0.15) is 43.9 Å². The smallest absolute Gasteiger partial charge is 0.230 e. The Labute approximate surface area is 153 Å². The van der Waals surface area contributed by atoms with Crippen molar-refractivity contribution in [3.63, 3.8) is 0 Å². The molecule has 0 aromatic rings. The highest BCUT2D eigenvalue weighted by Gasteiger charge is 3.00. The summed E-state index contributed by atoms with van der Waals surface area (Å²) in [7, 11) is 0. The summed E-state index contributed by atoms with van der Waals surface area (Å²) in [5.41, 5.74) is -5.81. The highest BCUT2D eigenvalue weighted by molar-refractivity contribution is 5.26. The van der Waals surface area contributed by atoms with E-state index in [-0.39, 0.29) is 12.3 Å². The molecule has 3 rings (SSSR count). The van der Waals surface area contributed by atoms with Crippen LogP contribution in [0.2, 0.25) is 0 Å². The zero-order chi connectivity index (χ0) is 21.4. The molecule has 0 heterocycles. The maximum Gasteiger partial charge on any atom is 0.384 e. The number of hydrogen-bond acceptors (Lipinski definition) is 0. The lowest BCUT2D eigenvalue weighted by Crippen LogP contribution is -2.83. The van der Waals surface area contributed by atoms with Crippen LogP contribution in [0.25, 0.3) is 0 Å². The molecule has 0 aromatic heterocycles. The van der Waals surface area contributed by atoms with E-state index in [1.54, 1.807) is 0 Å².